The van der Waals surface area contributed by atoms with Gasteiger partial charge in [-0.25, -0.2) is 4.98 Å². The average Bonchev–Trinajstić information content (AvgIpc) is 2.83. The van der Waals surface area contributed by atoms with Crippen molar-refractivity contribution in [2.24, 2.45) is 0 Å². The van der Waals surface area contributed by atoms with Gasteiger partial charge in [-0.3, -0.25) is 4.79 Å². The number of hydrogen-bond donors (Lipinski definition) is 0. The zero-order valence-electron chi connectivity index (χ0n) is 10.9. The minimum atomic E-state index is 0.274. The molecule has 0 aliphatic rings. The van der Waals surface area contributed by atoms with Crippen LogP contribution in [0.4, 0.5) is 0 Å². The highest BCUT2D eigenvalue weighted by Gasteiger charge is 2.06. The fourth-order valence-electron chi connectivity index (χ4n) is 2.02. The second-order valence-corrected chi connectivity index (χ2v) is 4.70. The van der Waals surface area contributed by atoms with Crippen LogP contribution in [0.1, 0.15) is 23.1 Å². The number of benzene rings is 1. The van der Waals surface area contributed by atoms with Crippen LogP contribution in [0.25, 0.3) is 0 Å². The first-order chi connectivity index (χ1) is 8.65. The Bertz CT molecular complexity index is 529. The first-order valence-corrected chi connectivity index (χ1v) is 6.19. The summed E-state index contributed by atoms with van der Waals surface area (Å²) in [6.07, 6.45) is 6.44. The normalized spacial score (nSPS) is 10.6. The Hall–Kier alpha value is -1.90. The zero-order valence-corrected chi connectivity index (χ0v) is 10.9. The van der Waals surface area contributed by atoms with Crippen molar-refractivity contribution >= 4 is 5.78 Å². The minimum Gasteiger partial charge on any atom is -0.337 e. The molecule has 0 aliphatic heterocycles. The molecule has 0 N–H and O–H groups in total. The second-order valence-electron chi connectivity index (χ2n) is 4.70. The lowest BCUT2D eigenvalue weighted by molar-refractivity contribution is -0.118. The van der Waals surface area contributed by atoms with E-state index in [9.17, 15) is 4.79 Å². The van der Waals surface area contributed by atoms with Gasteiger partial charge >= 0.3 is 0 Å². The van der Waals surface area contributed by atoms with Crippen molar-refractivity contribution < 1.29 is 4.79 Å². The number of carbonyl (C=O) groups is 1. The first-order valence-electron chi connectivity index (χ1n) is 6.19. The lowest BCUT2D eigenvalue weighted by atomic mass is 10.00. The Labute approximate surface area is 107 Å². The van der Waals surface area contributed by atoms with Crippen LogP contribution in [-0.4, -0.2) is 15.3 Å². The van der Waals surface area contributed by atoms with E-state index in [0.29, 0.717) is 19.4 Å². The molecular weight excluding hydrogens is 224 g/mol. The summed E-state index contributed by atoms with van der Waals surface area (Å²) in [6, 6.07) is 6.24. The van der Waals surface area contributed by atoms with Gasteiger partial charge in [-0.15, -0.1) is 0 Å². The number of aryl methyl sites for hydroxylation is 3. The van der Waals surface area contributed by atoms with Crippen molar-refractivity contribution in [3.8, 4) is 0 Å². The molecule has 94 valence electrons. The standard InChI is InChI=1S/C15H18N2O/c1-12-3-4-14(13(2)9-12)10-15(18)5-7-17-8-6-16-11-17/h3-4,6,8-9,11H,5,7,10H2,1-2H3. The Morgan fingerprint density at radius 2 is 2.17 bits per heavy atom. The number of imidazole rings is 1. The Kier molecular flexibility index (Phi) is 3.92. The molecule has 0 aliphatic carbocycles. The van der Waals surface area contributed by atoms with Crippen molar-refractivity contribution in [1.82, 2.24) is 9.55 Å². The van der Waals surface area contributed by atoms with Crippen LogP contribution in [-0.2, 0) is 17.8 Å². The topological polar surface area (TPSA) is 34.9 Å². The van der Waals surface area contributed by atoms with Crippen LogP contribution in [0.3, 0.4) is 0 Å². The van der Waals surface area contributed by atoms with Gasteiger partial charge < -0.3 is 4.57 Å². The molecule has 0 unspecified atom stereocenters. The molecule has 1 aromatic carbocycles. The van der Waals surface area contributed by atoms with Crippen molar-refractivity contribution in [2.45, 2.75) is 33.2 Å². The van der Waals surface area contributed by atoms with E-state index in [2.05, 4.69) is 37.0 Å². The Balaban J connectivity index is 1.91. The maximum Gasteiger partial charge on any atom is 0.139 e. The van der Waals surface area contributed by atoms with Crippen LogP contribution in [0.5, 0.6) is 0 Å². The zero-order chi connectivity index (χ0) is 13.0. The smallest absolute Gasteiger partial charge is 0.139 e. The summed E-state index contributed by atoms with van der Waals surface area (Å²) in [4.78, 5) is 15.9. The summed E-state index contributed by atoms with van der Waals surface area (Å²) in [6.45, 7) is 4.84. The fourth-order valence-corrected chi connectivity index (χ4v) is 2.02. The van der Waals surface area contributed by atoms with Gasteiger partial charge in [0.05, 0.1) is 6.33 Å². The molecule has 0 saturated heterocycles. The predicted molar refractivity (Wildman–Crippen MR) is 71.5 cm³/mol. The number of hydrogen-bond acceptors (Lipinski definition) is 2. The summed E-state index contributed by atoms with van der Waals surface area (Å²) < 4.78 is 1.93. The van der Waals surface area contributed by atoms with Gasteiger partial charge in [-0.1, -0.05) is 23.8 Å². The molecule has 0 amide bonds. The second kappa shape index (κ2) is 5.63. The Morgan fingerprint density at radius 1 is 1.33 bits per heavy atom. The molecular formula is C15H18N2O. The van der Waals surface area contributed by atoms with Gasteiger partial charge in [0.1, 0.15) is 5.78 Å². The molecule has 0 radical (unpaired) electrons. The highest BCUT2D eigenvalue weighted by molar-refractivity contribution is 5.81. The number of ketones is 1. The lowest BCUT2D eigenvalue weighted by Crippen LogP contribution is -2.08. The summed E-state index contributed by atoms with van der Waals surface area (Å²) >= 11 is 0. The quantitative estimate of drug-likeness (QED) is 0.808. The maximum atomic E-state index is 11.9. The van der Waals surface area contributed by atoms with Crippen LogP contribution in [0.15, 0.2) is 36.9 Å². The molecule has 0 saturated carbocycles. The summed E-state index contributed by atoms with van der Waals surface area (Å²) in [7, 11) is 0. The van der Waals surface area contributed by atoms with Crippen molar-refractivity contribution in [3.63, 3.8) is 0 Å². The summed E-state index contributed by atoms with van der Waals surface area (Å²) in [5.74, 6) is 0.274. The van der Waals surface area contributed by atoms with Gasteiger partial charge in [-0.2, -0.15) is 0 Å². The van der Waals surface area contributed by atoms with Gasteiger partial charge in [-0.05, 0) is 25.0 Å². The molecule has 3 nitrogen and oxygen atoms in total. The average molecular weight is 242 g/mol. The van der Waals surface area contributed by atoms with E-state index in [1.807, 2.05) is 10.8 Å². The maximum absolute atomic E-state index is 11.9. The predicted octanol–water partition coefficient (Wildman–Crippen LogP) is 2.70. The van der Waals surface area contributed by atoms with Gasteiger partial charge in [0.15, 0.2) is 0 Å². The van der Waals surface area contributed by atoms with Gasteiger partial charge in [0.25, 0.3) is 0 Å². The number of nitrogens with zero attached hydrogens (tertiary/aromatic N) is 2. The monoisotopic (exact) mass is 242 g/mol. The van der Waals surface area contributed by atoms with Crippen molar-refractivity contribution in [3.05, 3.63) is 53.6 Å². The van der Waals surface area contributed by atoms with E-state index in [1.165, 1.54) is 11.1 Å². The van der Waals surface area contributed by atoms with Crippen LogP contribution in [0.2, 0.25) is 0 Å². The lowest BCUT2D eigenvalue weighted by Gasteiger charge is -2.06. The first kappa shape index (κ1) is 12.6. The van der Waals surface area contributed by atoms with Crippen LogP contribution in [0, 0.1) is 13.8 Å². The number of aromatic nitrogens is 2. The van der Waals surface area contributed by atoms with Gasteiger partial charge in [0.2, 0.25) is 0 Å². The van der Waals surface area contributed by atoms with E-state index < -0.39 is 0 Å². The third-order valence-electron chi connectivity index (χ3n) is 3.09. The van der Waals surface area contributed by atoms with Gasteiger partial charge in [0, 0.05) is 31.8 Å². The highest BCUT2D eigenvalue weighted by Crippen LogP contribution is 2.12. The number of rotatable bonds is 5. The highest BCUT2D eigenvalue weighted by atomic mass is 16.1. The number of Topliss-reactive ketones (excluding diaryl/α,β-unsaturated/α-hetero) is 1. The van der Waals surface area contributed by atoms with Crippen molar-refractivity contribution in [1.29, 1.82) is 0 Å². The SMILES string of the molecule is Cc1ccc(CC(=O)CCn2ccnc2)c(C)c1. The van der Waals surface area contributed by atoms with E-state index in [-0.39, 0.29) is 5.78 Å². The fraction of sp³-hybridized carbons (Fsp3) is 0.333. The van der Waals surface area contributed by atoms with Crippen LogP contribution < -0.4 is 0 Å². The largest absolute Gasteiger partial charge is 0.337 e. The molecule has 0 fully saturated rings. The van der Waals surface area contributed by atoms with Crippen LogP contribution >= 0.6 is 0 Å². The van der Waals surface area contributed by atoms with E-state index in [0.717, 1.165) is 5.56 Å². The molecule has 0 atom stereocenters. The third-order valence-corrected chi connectivity index (χ3v) is 3.09. The molecule has 2 aromatic rings. The number of carbonyl (C=O) groups excluding carboxylic acids is 1. The molecule has 18 heavy (non-hydrogen) atoms. The molecule has 1 aromatic heterocycles. The molecule has 0 bridgehead atoms. The summed E-state index contributed by atoms with van der Waals surface area (Å²) in [5, 5.41) is 0. The summed E-state index contributed by atoms with van der Waals surface area (Å²) in [5.41, 5.74) is 3.57. The minimum absolute atomic E-state index is 0.274. The van der Waals surface area contributed by atoms with E-state index >= 15 is 0 Å². The molecule has 3 heteroatoms. The van der Waals surface area contributed by atoms with E-state index in [4.69, 9.17) is 0 Å². The Morgan fingerprint density at radius 3 is 2.83 bits per heavy atom. The molecule has 1 heterocycles. The molecule has 2 rings (SSSR count). The third kappa shape index (κ3) is 3.29. The van der Waals surface area contributed by atoms with E-state index in [1.54, 1.807) is 12.5 Å². The molecule has 0 spiro atoms. The van der Waals surface area contributed by atoms with Crippen molar-refractivity contribution in [2.75, 3.05) is 0 Å².